The highest BCUT2D eigenvalue weighted by molar-refractivity contribution is 7.20. The van der Waals surface area contributed by atoms with Crippen molar-refractivity contribution in [3.8, 4) is 28.5 Å². The molecule has 0 radical (unpaired) electrons. The van der Waals surface area contributed by atoms with Crippen LogP contribution in [0.15, 0.2) is 18.3 Å². The summed E-state index contributed by atoms with van der Waals surface area (Å²) in [5, 5.41) is 4.76. The van der Waals surface area contributed by atoms with Crippen molar-refractivity contribution in [2.45, 2.75) is 20.3 Å². The Morgan fingerprint density at radius 3 is 2.48 bits per heavy atom. The molecule has 3 aromatic rings. The third kappa shape index (κ3) is 3.48. The Morgan fingerprint density at radius 2 is 1.88 bits per heavy atom. The zero-order valence-electron chi connectivity index (χ0n) is 14.8. The number of methoxy groups -OCH3 is 2. The van der Waals surface area contributed by atoms with Crippen LogP contribution in [-0.2, 0) is 0 Å². The molecule has 0 spiro atoms. The average Bonchev–Trinajstić information content (AvgIpc) is 3.13. The van der Waals surface area contributed by atoms with Crippen LogP contribution >= 0.6 is 11.3 Å². The number of ether oxygens (including phenoxy) is 3. The zero-order chi connectivity index (χ0) is 18.0. The van der Waals surface area contributed by atoms with Gasteiger partial charge in [-0.05, 0) is 24.5 Å². The molecule has 0 aliphatic rings. The quantitative estimate of drug-likeness (QED) is 0.693. The number of nitrogens with two attached hydrogens (primary N) is 1. The molecular formula is C17H22N4O3S. The van der Waals surface area contributed by atoms with Gasteiger partial charge in [0, 0.05) is 5.56 Å². The van der Waals surface area contributed by atoms with Gasteiger partial charge in [-0.15, -0.1) is 5.10 Å². The number of nitrogens with zero attached hydrogens (tertiary/aromatic N) is 3. The molecule has 2 aromatic heterocycles. The van der Waals surface area contributed by atoms with Crippen LogP contribution in [0.5, 0.6) is 17.2 Å². The minimum absolute atomic E-state index is 0.469. The second-order valence-electron chi connectivity index (χ2n) is 6.02. The molecule has 0 fully saturated rings. The molecule has 25 heavy (non-hydrogen) atoms. The van der Waals surface area contributed by atoms with Crippen molar-refractivity contribution in [2.75, 3.05) is 26.6 Å². The molecule has 0 aliphatic carbocycles. The van der Waals surface area contributed by atoms with Crippen LogP contribution in [0.25, 0.3) is 16.2 Å². The predicted molar refractivity (Wildman–Crippen MR) is 98.8 cm³/mol. The summed E-state index contributed by atoms with van der Waals surface area (Å²) in [6, 6.07) is 3.79. The number of hydrogen-bond donors (Lipinski definition) is 1. The van der Waals surface area contributed by atoms with Gasteiger partial charge in [-0.2, -0.15) is 0 Å². The van der Waals surface area contributed by atoms with Crippen LogP contribution < -0.4 is 19.9 Å². The lowest BCUT2D eigenvalue weighted by Crippen LogP contribution is -2.04. The molecule has 0 unspecified atom stereocenters. The summed E-state index contributed by atoms with van der Waals surface area (Å²) in [5.41, 5.74) is 7.45. The van der Waals surface area contributed by atoms with E-state index in [9.17, 15) is 0 Å². The van der Waals surface area contributed by atoms with E-state index in [0.717, 1.165) is 22.6 Å². The zero-order valence-corrected chi connectivity index (χ0v) is 15.6. The highest BCUT2D eigenvalue weighted by atomic mass is 32.1. The molecule has 134 valence electrons. The normalized spacial score (nSPS) is 11.2. The highest BCUT2D eigenvalue weighted by Crippen LogP contribution is 2.41. The fraction of sp³-hybridized carbons (Fsp3) is 0.412. The number of anilines is 1. The summed E-state index contributed by atoms with van der Waals surface area (Å²) in [6.45, 7) is 4.92. The third-order valence-electron chi connectivity index (χ3n) is 3.80. The molecule has 0 bridgehead atoms. The number of aromatic nitrogens is 3. The Hall–Kier alpha value is -2.48. The van der Waals surface area contributed by atoms with E-state index in [1.165, 1.54) is 11.3 Å². The molecule has 3 rings (SSSR count). The fourth-order valence-electron chi connectivity index (χ4n) is 2.47. The number of imidazole rings is 1. The van der Waals surface area contributed by atoms with Crippen molar-refractivity contribution >= 4 is 21.4 Å². The van der Waals surface area contributed by atoms with Crippen LogP contribution in [0.2, 0.25) is 0 Å². The first kappa shape index (κ1) is 17.3. The lowest BCUT2D eigenvalue weighted by molar-refractivity contribution is 0.257. The minimum atomic E-state index is 0.469. The molecule has 1 aromatic carbocycles. The summed E-state index contributed by atoms with van der Waals surface area (Å²) >= 11 is 1.34. The summed E-state index contributed by atoms with van der Waals surface area (Å²) in [5.74, 6) is 2.38. The lowest BCUT2D eigenvalue weighted by Gasteiger charge is -2.16. The predicted octanol–water partition coefficient (Wildman–Crippen LogP) is 3.48. The fourth-order valence-corrected chi connectivity index (χ4v) is 3.11. The van der Waals surface area contributed by atoms with Crippen LogP contribution in [0.3, 0.4) is 0 Å². The van der Waals surface area contributed by atoms with E-state index in [1.54, 1.807) is 24.9 Å². The summed E-state index contributed by atoms with van der Waals surface area (Å²) in [4.78, 5) is 5.08. The van der Waals surface area contributed by atoms with Gasteiger partial charge >= 0.3 is 0 Å². The largest absolute Gasteiger partial charge is 0.493 e. The van der Waals surface area contributed by atoms with E-state index in [2.05, 4.69) is 23.9 Å². The molecule has 0 aliphatic heterocycles. The summed E-state index contributed by atoms with van der Waals surface area (Å²) in [7, 11) is 3.22. The van der Waals surface area contributed by atoms with Crippen molar-refractivity contribution in [3.63, 3.8) is 0 Å². The molecule has 0 saturated heterocycles. The third-order valence-corrected chi connectivity index (χ3v) is 4.55. The Kier molecular flexibility index (Phi) is 4.98. The van der Waals surface area contributed by atoms with Gasteiger partial charge in [0.1, 0.15) is 0 Å². The molecule has 2 heterocycles. The Bertz CT molecular complexity index is 847. The smallest absolute Gasteiger partial charge is 0.214 e. The van der Waals surface area contributed by atoms with Gasteiger partial charge in [0.25, 0.3) is 0 Å². The standard InChI is InChI=1S/C17H22N4O3S/c1-10(2)5-6-24-15-13(22-3)7-11(8-14(15)23-4)12-9-19-17-21(12)20-16(18)25-17/h7-10H,5-6H2,1-4H3,(H2,18,20). The monoisotopic (exact) mass is 362 g/mol. The second kappa shape index (κ2) is 7.18. The van der Waals surface area contributed by atoms with Crippen molar-refractivity contribution < 1.29 is 14.2 Å². The van der Waals surface area contributed by atoms with Crippen LogP contribution in [0.4, 0.5) is 5.13 Å². The van der Waals surface area contributed by atoms with Crippen LogP contribution in [0.1, 0.15) is 20.3 Å². The van der Waals surface area contributed by atoms with Crippen molar-refractivity contribution in [1.82, 2.24) is 14.6 Å². The maximum Gasteiger partial charge on any atom is 0.214 e. The SMILES string of the molecule is COc1cc(-c2cnc3sc(N)nn23)cc(OC)c1OCCC(C)C. The van der Waals surface area contributed by atoms with Gasteiger partial charge in [-0.3, -0.25) is 0 Å². The van der Waals surface area contributed by atoms with E-state index >= 15 is 0 Å². The van der Waals surface area contributed by atoms with Gasteiger partial charge in [-0.1, -0.05) is 25.2 Å². The summed E-state index contributed by atoms with van der Waals surface area (Å²) < 4.78 is 18.7. The van der Waals surface area contributed by atoms with Crippen molar-refractivity contribution in [1.29, 1.82) is 0 Å². The van der Waals surface area contributed by atoms with Gasteiger partial charge in [-0.25, -0.2) is 9.50 Å². The molecule has 0 atom stereocenters. The van der Waals surface area contributed by atoms with Crippen molar-refractivity contribution in [3.05, 3.63) is 18.3 Å². The van der Waals surface area contributed by atoms with Crippen LogP contribution in [-0.4, -0.2) is 35.4 Å². The first-order valence-electron chi connectivity index (χ1n) is 8.02. The van der Waals surface area contributed by atoms with Crippen LogP contribution in [0, 0.1) is 5.92 Å². The second-order valence-corrected chi connectivity index (χ2v) is 7.01. The van der Waals surface area contributed by atoms with Gasteiger partial charge < -0.3 is 19.9 Å². The topological polar surface area (TPSA) is 83.9 Å². The minimum Gasteiger partial charge on any atom is -0.493 e. The number of nitrogen functional groups attached to an aromatic ring is 1. The number of fused-ring (bicyclic) bond motifs is 1. The summed E-state index contributed by atoms with van der Waals surface area (Å²) in [6.07, 6.45) is 2.71. The average molecular weight is 362 g/mol. The van der Waals surface area contributed by atoms with Gasteiger partial charge in [0.05, 0.1) is 32.7 Å². The van der Waals surface area contributed by atoms with Crippen molar-refractivity contribution in [2.24, 2.45) is 5.92 Å². The van der Waals surface area contributed by atoms with E-state index in [-0.39, 0.29) is 0 Å². The van der Waals surface area contributed by atoms with E-state index in [4.69, 9.17) is 19.9 Å². The maximum absolute atomic E-state index is 5.92. The molecule has 7 nitrogen and oxygen atoms in total. The number of benzene rings is 1. The Balaban J connectivity index is 2.01. The molecular weight excluding hydrogens is 340 g/mol. The van der Waals surface area contributed by atoms with E-state index in [0.29, 0.717) is 34.9 Å². The first-order chi connectivity index (χ1) is 12.0. The first-order valence-corrected chi connectivity index (χ1v) is 8.84. The highest BCUT2D eigenvalue weighted by Gasteiger charge is 2.18. The Morgan fingerprint density at radius 1 is 1.20 bits per heavy atom. The number of hydrogen-bond acceptors (Lipinski definition) is 7. The van der Waals surface area contributed by atoms with Gasteiger partial charge in [0.2, 0.25) is 15.8 Å². The Labute approximate surface area is 150 Å². The molecule has 8 heteroatoms. The van der Waals surface area contributed by atoms with E-state index in [1.807, 2.05) is 12.1 Å². The maximum atomic E-state index is 5.92. The number of rotatable bonds is 7. The molecule has 0 amide bonds. The molecule has 2 N–H and O–H groups in total. The molecule has 0 saturated carbocycles. The van der Waals surface area contributed by atoms with Gasteiger partial charge in [0.15, 0.2) is 11.5 Å². The lowest BCUT2D eigenvalue weighted by atomic mass is 10.1. The van der Waals surface area contributed by atoms with E-state index < -0.39 is 0 Å².